The third kappa shape index (κ3) is 4.31. The molecule has 4 nitrogen and oxygen atoms in total. The summed E-state index contributed by atoms with van der Waals surface area (Å²) in [5.74, 6) is 0.694. The molecule has 1 N–H and O–H groups in total. The van der Waals surface area contributed by atoms with Crippen LogP contribution in [-0.2, 0) is 15.4 Å². The van der Waals surface area contributed by atoms with E-state index >= 15 is 0 Å². The van der Waals surface area contributed by atoms with Gasteiger partial charge >= 0.3 is 0 Å². The predicted octanol–water partition coefficient (Wildman–Crippen LogP) is 1.73. The van der Waals surface area contributed by atoms with Crippen molar-refractivity contribution in [2.75, 3.05) is 19.1 Å². The summed E-state index contributed by atoms with van der Waals surface area (Å²) < 4.78 is 27.3. The lowest BCUT2D eigenvalue weighted by Gasteiger charge is -2.25. The summed E-state index contributed by atoms with van der Waals surface area (Å²) in [5, 5.41) is 10.4. The van der Waals surface area contributed by atoms with Crippen molar-refractivity contribution in [3.63, 3.8) is 0 Å². The number of sulfone groups is 1. The first kappa shape index (κ1) is 15.0. The van der Waals surface area contributed by atoms with Crippen LogP contribution in [0.4, 0.5) is 0 Å². The number of rotatable bonds is 6. The smallest absolute Gasteiger partial charge is 0.147 e. The maximum atomic E-state index is 11.1. The van der Waals surface area contributed by atoms with Crippen LogP contribution in [0.1, 0.15) is 25.3 Å². The fraction of sp³-hybridized carbons (Fsp3) is 0.538. The molecule has 0 aromatic heterocycles. The summed E-state index contributed by atoms with van der Waals surface area (Å²) >= 11 is 0. The molecule has 102 valence electrons. The third-order valence-electron chi connectivity index (χ3n) is 2.87. The molecule has 1 rings (SSSR count). The van der Waals surface area contributed by atoms with Crippen LogP contribution in [-0.4, -0.2) is 32.6 Å². The molecule has 0 saturated heterocycles. The van der Waals surface area contributed by atoms with Crippen LogP contribution >= 0.6 is 0 Å². The average Bonchev–Trinajstić information content (AvgIpc) is 2.27. The first-order chi connectivity index (χ1) is 8.26. The molecule has 1 unspecified atom stereocenters. The molecule has 0 spiro atoms. The van der Waals surface area contributed by atoms with Gasteiger partial charge in [-0.3, -0.25) is 0 Å². The maximum Gasteiger partial charge on any atom is 0.147 e. The number of ether oxygens (including phenoxy) is 1. The molecule has 18 heavy (non-hydrogen) atoms. The van der Waals surface area contributed by atoms with Crippen LogP contribution in [0.25, 0.3) is 0 Å². The van der Waals surface area contributed by atoms with Crippen molar-refractivity contribution < 1.29 is 18.3 Å². The molecule has 0 saturated carbocycles. The number of benzene rings is 1. The molecule has 1 atom stereocenters. The Balaban J connectivity index is 2.79. The molecule has 0 amide bonds. The van der Waals surface area contributed by atoms with Crippen LogP contribution in [0.5, 0.6) is 5.75 Å². The van der Waals surface area contributed by atoms with E-state index in [9.17, 15) is 13.5 Å². The zero-order valence-electron chi connectivity index (χ0n) is 11.0. The Morgan fingerprint density at radius 2 is 1.94 bits per heavy atom. The topological polar surface area (TPSA) is 63.6 Å². The Bertz CT molecular complexity index is 491. The highest BCUT2D eigenvalue weighted by atomic mass is 32.2. The van der Waals surface area contributed by atoms with E-state index in [1.807, 2.05) is 12.1 Å². The molecule has 0 fully saturated rings. The Morgan fingerprint density at radius 3 is 2.50 bits per heavy atom. The first-order valence-corrected chi connectivity index (χ1v) is 7.86. The van der Waals surface area contributed by atoms with Crippen LogP contribution in [0, 0.1) is 0 Å². The lowest BCUT2D eigenvalue weighted by atomic mass is 9.91. The molecule has 0 heterocycles. The van der Waals surface area contributed by atoms with Gasteiger partial charge in [0.1, 0.15) is 15.6 Å². The van der Waals surface area contributed by atoms with Crippen LogP contribution in [0.15, 0.2) is 24.3 Å². The standard InChI is InChI=1S/C13H20O4S/c1-13(14,9-6-10-18(3,15)16)11-7-4-5-8-12(11)17-2/h4-5,7-8,14H,6,9-10H2,1-3H3. The Labute approximate surface area is 109 Å². The van der Waals surface area contributed by atoms with Gasteiger partial charge in [-0.1, -0.05) is 18.2 Å². The van der Waals surface area contributed by atoms with E-state index in [0.29, 0.717) is 24.2 Å². The Hall–Kier alpha value is -1.07. The summed E-state index contributed by atoms with van der Waals surface area (Å²) in [6, 6.07) is 7.22. The van der Waals surface area contributed by atoms with Gasteiger partial charge in [-0.25, -0.2) is 8.42 Å². The minimum Gasteiger partial charge on any atom is -0.496 e. The van der Waals surface area contributed by atoms with Gasteiger partial charge in [0, 0.05) is 17.6 Å². The molecular weight excluding hydrogens is 252 g/mol. The highest BCUT2D eigenvalue weighted by molar-refractivity contribution is 7.90. The molecular formula is C13H20O4S. The summed E-state index contributed by atoms with van der Waals surface area (Å²) in [5.41, 5.74) is -0.405. The second-order valence-electron chi connectivity index (χ2n) is 4.71. The third-order valence-corrected chi connectivity index (χ3v) is 3.90. The highest BCUT2D eigenvalue weighted by Gasteiger charge is 2.26. The molecule has 1 aromatic rings. The number of hydrogen-bond donors (Lipinski definition) is 1. The molecule has 0 aliphatic carbocycles. The number of hydrogen-bond acceptors (Lipinski definition) is 4. The predicted molar refractivity (Wildman–Crippen MR) is 71.5 cm³/mol. The van der Waals surface area contributed by atoms with Crippen molar-refractivity contribution >= 4 is 9.84 Å². The van der Waals surface area contributed by atoms with Crippen molar-refractivity contribution in [3.8, 4) is 5.75 Å². The minimum atomic E-state index is -2.99. The largest absolute Gasteiger partial charge is 0.496 e. The van der Waals surface area contributed by atoms with E-state index < -0.39 is 15.4 Å². The van der Waals surface area contributed by atoms with Gasteiger partial charge in [0.2, 0.25) is 0 Å². The molecule has 1 aromatic carbocycles. The van der Waals surface area contributed by atoms with E-state index in [1.54, 1.807) is 26.2 Å². The summed E-state index contributed by atoms with van der Waals surface area (Å²) in [6.45, 7) is 1.67. The van der Waals surface area contributed by atoms with Crippen molar-refractivity contribution in [1.29, 1.82) is 0 Å². The highest BCUT2D eigenvalue weighted by Crippen LogP contribution is 2.33. The second-order valence-corrected chi connectivity index (χ2v) is 6.97. The van der Waals surface area contributed by atoms with E-state index in [2.05, 4.69) is 0 Å². The lowest BCUT2D eigenvalue weighted by Crippen LogP contribution is -2.23. The summed E-state index contributed by atoms with van der Waals surface area (Å²) in [4.78, 5) is 0. The monoisotopic (exact) mass is 272 g/mol. The van der Waals surface area contributed by atoms with E-state index in [1.165, 1.54) is 6.26 Å². The number of para-hydroxylation sites is 1. The molecule has 5 heteroatoms. The first-order valence-electron chi connectivity index (χ1n) is 5.80. The Kier molecular flexibility index (Phi) is 4.76. The zero-order valence-corrected chi connectivity index (χ0v) is 11.8. The van der Waals surface area contributed by atoms with Gasteiger partial charge in [0.15, 0.2) is 0 Å². The van der Waals surface area contributed by atoms with E-state index in [-0.39, 0.29) is 5.75 Å². The van der Waals surface area contributed by atoms with E-state index in [4.69, 9.17) is 4.74 Å². The maximum absolute atomic E-state index is 11.1. The van der Waals surface area contributed by atoms with Crippen molar-refractivity contribution in [3.05, 3.63) is 29.8 Å². The van der Waals surface area contributed by atoms with Crippen molar-refractivity contribution in [2.45, 2.75) is 25.4 Å². The van der Waals surface area contributed by atoms with Gasteiger partial charge < -0.3 is 9.84 Å². The molecule has 0 aliphatic heterocycles. The summed E-state index contributed by atoms with van der Waals surface area (Å²) in [7, 11) is -1.44. The number of methoxy groups -OCH3 is 1. The van der Waals surface area contributed by atoms with Gasteiger partial charge in [0.25, 0.3) is 0 Å². The average molecular weight is 272 g/mol. The fourth-order valence-electron chi connectivity index (χ4n) is 1.90. The quantitative estimate of drug-likeness (QED) is 0.856. The zero-order chi connectivity index (χ0) is 13.8. The normalized spacial score (nSPS) is 15.1. The van der Waals surface area contributed by atoms with Gasteiger partial charge in [-0.2, -0.15) is 0 Å². The number of aliphatic hydroxyl groups is 1. The Morgan fingerprint density at radius 1 is 1.33 bits per heavy atom. The van der Waals surface area contributed by atoms with Crippen LogP contribution in [0.3, 0.4) is 0 Å². The molecule has 0 bridgehead atoms. The lowest BCUT2D eigenvalue weighted by molar-refractivity contribution is 0.0447. The summed E-state index contributed by atoms with van der Waals surface area (Å²) in [6.07, 6.45) is 2.00. The van der Waals surface area contributed by atoms with Crippen molar-refractivity contribution in [1.82, 2.24) is 0 Å². The minimum absolute atomic E-state index is 0.0816. The second kappa shape index (κ2) is 5.71. The van der Waals surface area contributed by atoms with Crippen LogP contribution in [0.2, 0.25) is 0 Å². The van der Waals surface area contributed by atoms with Crippen LogP contribution < -0.4 is 4.74 Å². The van der Waals surface area contributed by atoms with Gasteiger partial charge in [-0.15, -0.1) is 0 Å². The van der Waals surface area contributed by atoms with Gasteiger partial charge in [-0.05, 0) is 25.8 Å². The molecule has 0 aliphatic rings. The van der Waals surface area contributed by atoms with Crippen molar-refractivity contribution in [2.24, 2.45) is 0 Å². The fourth-order valence-corrected chi connectivity index (χ4v) is 2.57. The SMILES string of the molecule is COc1ccccc1C(C)(O)CCCS(C)(=O)=O. The molecule has 0 radical (unpaired) electrons. The van der Waals surface area contributed by atoms with Gasteiger partial charge in [0.05, 0.1) is 12.7 Å². The van der Waals surface area contributed by atoms with E-state index in [0.717, 1.165) is 0 Å².